The lowest BCUT2D eigenvalue weighted by Crippen LogP contribution is -2.49. The van der Waals surface area contributed by atoms with Gasteiger partial charge >= 0.3 is 0 Å². The molecule has 3 N–H and O–H groups in total. The van der Waals surface area contributed by atoms with E-state index in [2.05, 4.69) is 49.7 Å². The van der Waals surface area contributed by atoms with E-state index in [1.165, 1.54) is 0 Å². The summed E-state index contributed by atoms with van der Waals surface area (Å²) in [6.07, 6.45) is 1.99. The van der Waals surface area contributed by atoms with Crippen molar-refractivity contribution in [2.24, 2.45) is 5.41 Å². The normalized spacial score (nSPS) is 30.0. The zero-order chi connectivity index (χ0) is 30.7. The summed E-state index contributed by atoms with van der Waals surface area (Å²) in [5.41, 5.74) is 1.70. The molecule has 0 unspecified atom stereocenters. The fraction of sp³-hybridized carbons (Fsp3) is 0.576. The van der Waals surface area contributed by atoms with E-state index in [1.54, 1.807) is 0 Å². The van der Waals surface area contributed by atoms with Crippen LogP contribution in [-0.4, -0.2) is 48.4 Å². The summed E-state index contributed by atoms with van der Waals surface area (Å²) in [4.78, 5) is 28.5. The van der Waals surface area contributed by atoms with Gasteiger partial charge < -0.3 is 25.4 Å². The van der Waals surface area contributed by atoms with Crippen molar-refractivity contribution in [1.29, 1.82) is 0 Å². The van der Waals surface area contributed by atoms with Gasteiger partial charge in [0.1, 0.15) is 5.41 Å². The lowest BCUT2D eigenvalue weighted by Gasteiger charge is -2.38. The second kappa shape index (κ2) is 11.1. The highest BCUT2D eigenvalue weighted by Gasteiger charge is 2.65. The lowest BCUT2D eigenvalue weighted by molar-refractivity contribution is -0.158. The smallest absolute Gasteiger partial charge is 0.237 e. The van der Waals surface area contributed by atoms with Gasteiger partial charge in [-0.2, -0.15) is 0 Å². The maximum atomic E-state index is 14.4. The molecule has 3 aliphatic heterocycles. The Labute approximate surface area is 259 Å². The molecule has 0 aromatic heterocycles. The summed E-state index contributed by atoms with van der Waals surface area (Å²) in [5, 5.41) is 11.1. The van der Waals surface area contributed by atoms with Gasteiger partial charge in [-0.1, -0.05) is 69.1 Å². The molecular formula is C33H43Cl2N3O4. The number of halogens is 2. The average molecular weight is 617 g/mol. The number of carbonyl (C=O) groups is 2. The van der Waals surface area contributed by atoms with Gasteiger partial charge in [0.15, 0.2) is 5.79 Å². The van der Waals surface area contributed by atoms with E-state index in [-0.39, 0.29) is 23.3 Å². The topological polar surface area (TPSA) is 88.7 Å². The second-order valence-electron chi connectivity index (χ2n) is 13.9. The van der Waals surface area contributed by atoms with Crippen LogP contribution < -0.4 is 16.0 Å². The highest BCUT2D eigenvalue weighted by atomic mass is 35.5. The molecule has 0 radical (unpaired) electrons. The molecule has 7 nitrogen and oxygen atoms in total. The summed E-state index contributed by atoms with van der Waals surface area (Å²) < 4.78 is 11.9. The van der Waals surface area contributed by atoms with Crippen molar-refractivity contribution >= 4 is 40.7 Å². The minimum absolute atomic E-state index is 0.126. The third-order valence-electron chi connectivity index (χ3n) is 8.87. The molecule has 228 valence electrons. The van der Waals surface area contributed by atoms with E-state index in [0.717, 1.165) is 23.1 Å². The van der Waals surface area contributed by atoms with Gasteiger partial charge in [0.25, 0.3) is 0 Å². The van der Waals surface area contributed by atoms with Crippen LogP contribution in [0.1, 0.15) is 83.9 Å². The SMILES string of the molecule is CCc1cc2c(cc1Cl)NC(=O)[C@]21[C@@H](CC(C)(C)C)N[C@@H](C(=O)NCC[C@@]2(C)COC(C)(C)O2)[C@@H]1c1cccc(Cl)c1. The van der Waals surface area contributed by atoms with Crippen molar-refractivity contribution in [3.05, 3.63) is 63.1 Å². The van der Waals surface area contributed by atoms with Crippen molar-refractivity contribution in [2.75, 3.05) is 18.5 Å². The van der Waals surface area contributed by atoms with E-state index in [0.29, 0.717) is 41.7 Å². The fourth-order valence-corrected chi connectivity index (χ4v) is 7.63. The summed E-state index contributed by atoms with van der Waals surface area (Å²) in [5.74, 6) is -1.46. The number of benzene rings is 2. The predicted octanol–water partition coefficient (Wildman–Crippen LogP) is 6.35. The number of anilines is 1. The van der Waals surface area contributed by atoms with Crippen LogP contribution in [0.3, 0.4) is 0 Å². The van der Waals surface area contributed by atoms with Crippen LogP contribution in [0.4, 0.5) is 5.69 Å². The Bertz CT molecular complexity index is 1390. The molecular weight excluding hydrogens is 573 g/mol. The number of ether oxygens (including phenoxy) is 2. The van der Waals surface area contributed by atoms with Crippen LogP contribution in [0.25, 0.3) is 0 Å². The van der Waals surface area contributed by atoms with E-state index >= 15 is 0 Å². The molecule has 0 aliphatic carbocycles. The molecule has 9 heteroatoms. The third-order valence-corrected chi connectivity index (χ3v) is 9.46. The first kappa shape index (κ1) is 31.3. The number of hydrogen-bond acceptors (Lipinski definition) is 5. The van der Waals surface area contributed by atoms with Crippen molar-refractivity contribution in [1.82, 2.24) is 10.6 Å². The van der Waals surface area contributed by atoms with Crippen LogP contribution in [0, 0.1) is 5.41 Å². The standard InChI is InChI=1S/C33H43Cl2N3O4/c1-8-19-15-22-24(16-23(19)35)37-29(40)33(22)25(17-30(2,3)4)38-27(26(33)20-10-9-11-21(34)14-20)28(39)36-13-12-32(7)18-41-31(5,6)42-32/h9-11,14-16,25-27,38H,8,12-13,17-18H2,1-7H3,(H,36,39)(H,37,40)/t25-,26+,27-,32+,33+/m1/s1. The number of fused-ring (bicyclic) bond motifs is 2. The largest absolute Gasteiger partial charge is 0.355 e. The third kappa shape index (κ3) is 5.71. The van der Waals surface area contributed by atoms with Gasteiger partial charge in [-0.15, -0.1) is 0 Å². The van der Waals surface area contributed by atoms with Crippen LogP contribution in [0.2, 0.25) is 10.0 Å². The fourth-order valence-electron chi connectivity index (χ4n) is 7.14. The van der Waals surface area contributed by atoms with Crippen molar-refractivity contribution in [3.63, 3.8) is 0 Å². The number of aryl methyl sites for hydroxylation is 1. The molecule has 2 aromatic carbocycles. The minimum atomic E-state index is -1.05. The Morgan fingerprint density at radius 1 is 1.14 bits per heavy atom. The summed E-state index contributed by atoms with van der Waals surface area (Å²) in [7, 11) is 0. The number of nitrogens with one attached hydrogen (secondary N) is 3. The molecule has 42 heavy (non-hydrogen) atoms. The van der Waals surface area contributed by atoms with E-state index < -0.39 is 28.8 Å². The molecule has 5 atom stereocenters. The minimum Gasteiger partial charge on any atom is -0.355 e. The van der Waals surface area contributed by atoms with E-state index in [1.807, 2.05) is 51.1 Å². The Morgan fingerprint density at radius 3 is 2.50 bits per heavy atom. The van der Waals surface area contributed by atoms with Crippen LogP contribution in [0.5, 0.6) is 0 Å². The second-order valence-corrected chi connectivity index (χ2v) is 14.8. The quantitative estimate of drug-likeness (QED) is 0.337. The molecule has 2 aromatic rings. The zero-order valence-electron chi connectivity index (χ0n) is 25.6. The number of hydrogen-bond donors (Lipinski definition) is 3. The van der Waals surface area contributed by atoms with Gasteiger partial charge in [-0.25, -0.2) is 0 Å². The van der Waals surface area contributed by atoms with Crippen molar-refractivity contribution < 1.29 is 19.1 Å². The van der Waals surface area contributed by atoms with Crippen LogP contribution >= 0.6 is 23.2 Å². The monoisotopic (exact) mass is 615 g/mol. The summed E-state index contributed by atoms with van der Waals surface area (Å²) in [6.45, 7) is 15.2. The average Bonchev–Trinajstić information content (AvgIpc) is 3.46. The first-order valence-electron chi connectivity index (χ1n) is 14.9. The maximum Gasteiger partial charge on any atom is 0.237 e. The maximum absolute atomic E-state index is 14.4. The summed E-state index contributed by atoms with van der Waals surface area (Å²) in [6, 6.07) is 10.4. The molecule has 0 bridgehead atoms. The highest BCUT2D eigenvalue weighted by molar-refractivity contribution is 6.32. The zero-order valence-corrected chi connectivity index (χ0v) is 27.1. The Morgan fingerprint density at radius 2 is 1.88 bits per heavy atom. The number of rotatable bonds is 7. The number of carbonyl (C=O) groups excluding carboxylic acids is 2. The van der Waals surface area contributed by atoms with Gasteiger partial charge in [-0.05, 0) is 80.3 Å². The van der Waals surface area contributed by atoms with Gasteiger partial charge in [0, 0.05) is 34.2 Å². The van der Waals surface area contributed by atoms with Crippen LogP contribution in [-0.2, 0) is 30.9 Å². The molecule has 2 fully saturated rings. The van der Waals surface area contributed by atoms with Gasteiger partial charge in [0.2, 0.25) is 11.8 Å². The molecule has 2 saturated heterocycles. The Balaban J connectivity index is 1.58. The van der Waals surface area contributed by atoms with Crippen LogP contribution in [0.15, 0.2) is 36.4 Å². The summed E-state index contributed by atoms with van der Waals surface area (Å²) >= 11 is 13.1. The predicted molar refractivity (Wildman–Crippen MR) is 167 cm³/mol. The molecule has 3 heterocycles. The molecule has 3 aliphatic rings. The lowest BCUT2D eigenvalue weighted by atomic mass is 9.62. The first-order chi connectivity index (χ1) is 19.6. The Kier molecular flexibility index (Phi) is 8.25. The highest BCUT2D eigenvalue weighted by Crippen LogP contribution is 2.57. The molecule has 0 saturated carbocycles. The Hall–Kier alpha value is -2.16. The van der Waals surface area contributed by atoms with E-state index in [4.69, 9.17) is 32.7 Å². The number of amides is 2. The van der Waals surface area contributed by atoms with Crippen molar-refractivity contribution in [2.45, 2.75) is 103 Å². The molecule has 1 spiro atoms. The first-order valence-corrected chi connectivity index (χ1v) is 15.6. The van der Waals surface area contributed by atoms with E-state index in [9.17, 15) is 9.59 Å². The van der Waals surface area contributed by atoms with Gasteiger partial charge in [0.05, 0.1) is 18.2 Å². The molecule has 2 amide bonds. The van der Waals surface area contributed by atoms with Gasteiger partial charge in [-0.3, -0.25) is 9.59 Å². The molecule has 5 rings (SSSR count). The van der Waals surface area contributed by atoms with Crippen molar-refractivity contribution in [3.8, 4) is 0 Å².